The summed E-state index contributed by atoms with van der Waals surface area (Å²) in [5.41, 5.74) is 0.442. The van der Waals surface area contributed by atoms with Gasteiger partial charge in [0.25, 0.3) is 11.8 Å². The summed E-state index contributed by atoms with van der Waals surface area (Å²) in [4.78, 5) is 33.2. The van der Waals surface area contributed by atoms with Crippen LogP contribution in [0.4, 0.5) is 29.1 Å². The lowest BCUT2D eigenvalue weighted by Crippen LogP contribution is -2.56. The Morgan fingerprint density at radius 2 is 1.81 bits per heavy atom. The van der Waals surface area contributed by atoms with Crippen molar-refractivity contribution in [2.75, 3.05) is 15.0 Å². The summed E-state index contributed by atoms with van der Waals surface area (Å²) >= 11 is 6.44. The topological polar surface area (TPSA) is 99.7 Å². The first kappa shape index (κ1) is 29.8. The van der Waals surface area contributed by atoms with Crippen LogP contribution in [-0.4, -0.2) is 49.0 Å². The molecular weight excluding hydrogens is 600 g/mol. The Morgan fingerprint density at radius 3 is 2.45 bits per heavy atom. The van der Waals surface area contributed by atoms with Crippen LogP contribution in [0.15, 0.2) is 60.8 Å². The molecule has 8 nitrogen and oxygen atoms in total. The first-order valence-electron chi connectivity index (χ1n) is 12.9. The van der Waals surface area contributed by atoms with Crippen molar-refractivity contribution in [1.82, 2.24) is 10.3 Å². The molecule has 0 unspecified atom stereocenters. The van der Waals surface area contributed by atoms with Crippen LogP contribution in [-0.2, 0) is 19.6 Å². The second kappa shape index (κ2) is 11.2. The van der Waals surface area contributed by atoms with Crippen LogP contribution >= 0.6 is 11.6 Å². The maximum absolute atomic E-state index is 14.6. The number of carbonyl (C=O) groups excluding carboxylic acids is 2. The fourth-order valence-electron chi connectivity index (χ4n) is 5.17. The Hall–Kier alpha value is -3.71. The van der Waals surface area contributed by atoms with Crippen LogP contribution in [0.2, 0.25) is 5.02 Å². The molecule has 0 radical (unpaired) electrons. The molecule has 0 spiro atoms. The Morgan fingerprint density at radius 1 is 1.10 bits per heavy atom. The van der Waals surface area contributed by atoms with E-state index in [-0.39, 0.29) is 28.5 Å². The predicted octanol–water partition coefficient (Wildman–Crippen LogP) is 4.92. The van der Waals surface area contributed by atoms with E-state index in [1.165, 1.54) is 30.5 Å². The molecule has 2 aromatic carbocycles. The summed E-state index contributed by atoms with van der Waals surface area (Å²) in [5, 5.41) is 2.52. The Labute approximate surface area is 244 Å². The number of halogens is 5. The van der Waals surface area contributed by atoms with Gasteiger partial charge in [0, 0.05) is 47.4 Å². The van der Waals surface area contributed by atoms with Crippen molar-refractivity contribution in [1.29, 1.82) is 0 Å². The van der Waals surface area contributed by atoms with Crippen LogP contribution in [0.5, 0.6) is 0 Å². The van der Waals surface area contributed by atoms with Gasteiger partial charge in [0.05, 0.1) is 5.75 Å². The van der Waals surface area contributed by atoms with Gasteiger partial charge in [0.1, 0.15) is 17.9 Å². The van der Waals surface area contributed by atoms with Crippen molar-refractivity contribution < 1.29 is 35.6 Å². The SMILES string of the molecule is Cc1ccnc(N2[C@H](C(=O)N(c3ccc(F)c(F)c3)[C@H](C(=O)NC3CC(F)(F)C3)c3ccccc3Cl)CCS2(=O)=O)c1. The molecule has 2 amide bonds. The molecule has 14 heteroatoms. The molecule has 1 aliphatic heterocycles. The number of aryl methyl sites for hydroxylation is 1. The largest absolute Gasteiger partial charge is 0.351 e. The molecule has 222 valence electrons. The van der Waals surface area contributed by atoms with Gasteiger partial charge in [-0.15, -0.1) is 0 Å². The van der Waals surface area contributed by atoms with Crippen LogP contribution in [0.1, 0.15) is 36.4 Å². The number of pyridine rings is 1. The summed E-state index contributed by atoms with van der Waals surface area (Å²) in [7, 11) is -4.05. The number of nitrogens with one attached hydrogen (secondary N) is 1. The zero-order valence-electron chi connectivity index (χ0n) is 22.1. The summed E-state index contributed by atoms with van der Waals surface area (Å²) in [6.07, 6.45) is -0.0776. The van der Waals surface area contributed by atoms with E-state index >= 15 is 0 Å². The van der Waals surface area contributed by atoms with Crippen molar-refractivity contribution in [2.24, 2.45) is 0 Å². The molecule has 1 aliphatic carbocycles. The van der Waals surface area contributed by atoms with Crippen molar-refractivity contribution >= 4 is 44.9 Å². The van der Waals surface area contributed by atoms with Gasteiger partial charge >= 0.3 is 0 Å². The molecule has 2 aliphatic rings. The number of carbonyl (C=O) groups is 2. The third kappa shape index (κ3) is 5.80. The molecule has 2 fully saturated rings. The van der Waals surface area contributed by atoms with E-state index < -0.39 is 76.1 Å². The number of sulfonamides is 1. The standard InChI is InChI=1S/C28H25ClF4N4O4S/c1-16-8-10-34-24(12-16)37-23(9-11-42(37,40)41)27(39)36(18-6-7-21(30)22(31)13-18)25(19-4-2-3-5-20(19)29)26(38)35-17-14-28(32,33)15-17/h2-8,10,12-13,17,23,25H,9,11,14-15H2,1H3,(H,35,38)/t23-,25-/m0/s1. The molecular formula is C28H25ClF4N4O4S. The first-order valence-corrected chi connectivity index (χ1v) is 14.9. The number of alkyl halides is 2. The lowest BCUT2D eigenvalue weighted by molar-refractivity contribution is -0.133. The molecule has 42 heavy (non-hydrogen) atoms. The van der Waals surface area contributed by atoms with Gasteiger partial charge < -0.3 is 5.32 Å². The molecule has 3 aromatic rings. The van der Waals surface area contributed by atoms with Gasteiger partial charge in [-0.3, -0.25) is 14.5 Å². The van der Waals surface area contributed by atoms with Gasteiger partial charge in [-0.1, -0.05) is 29.8 Å². The Balaban J connectivity index is 1.65. The molecule has 0 bridgehead atoms. The second-order valence-electron chi connectivity index (χ2n) is 10.3. The summed E-state index contributed by atoms with van der Waals surface area (Å²) in [6, 6.07) is 7.55. The molecule has 5 rings (SSSR count). The lowest BCUT2D eigenvalue weighted by atomic mass is 9.87. The van der Waals surface area contributed by atoms with E-state index in [1.54, 1.807) is 19.1 Å². The highest BCUT2D eigenvalue weighted by molar-refractivity contribution is 7.93. The average Bonchev–Trinajstić information content (AvgIpc) is 3.23. The number of aromatic nitrogens is 1. The maximum atomic E-state index is 14.6. The maximum Gasteiger partial charge on any atom is 0.252 e. The third-order valence-corrected chi connectivity index (χ3v) is 9.34. The minimum Gasteiger partial charge on any atom is -0.351 e. The van der Waals surface area contributed by atoms with Crippen LogP contribution in [0.25, 0.3) is 0 Å². The van der Waals surface area contributed by atoms with Crippen LogP contribution in [0.3, 0.4) is 0 Å². The summed E-state index contributed by atoms with van der Waals surface area (Å²) < 4.78 is 82.9. The molecule has 1 saturated carbocycles. The number of hydrogen-bond donors (Lipinski definition) is 1. The van der Waals surface area contributed by atoms with E-state index in [0.29, 0.717) is 11.6 Å². The van der Waals surface area contributed by atoms with E-state index in [9.17, 15) is 35.6 Å². The Kier molecular flexibility index (Phi) is 7.92. The highest BCUT2D eigenvalue weighted by atomic mass is 35.5. The van der Waals surface area contributed by atoms with Crippen molar-refractivity contribution in [2.45, 2.75) is 50.2 Å². The normalized spacial score (nSPS) is 20.0. The highest BCUT2D eigenvalue weighted by Crippen LogP contribution is 2.40. The molecule has 2 atom stereocenters. The van der Waals surface area contributed by atoms with Gasteiger partial charge in [-0.25, -0.2) is 35.3 Å². The summed E-state index contributed by atoms with van der Waals surface area (Å²) in [6.45, 7) is 1.71. The Bertz CT molecular complexity index is 1650. The second-order valence-corrected chi connectivity index (χ2v) is 12.7. The van der Waals surface area contributed by atoms with E-state index in [4.69, 9.17) is 11.6 Å². The van der Waals surface area contributed by atoms with Crippen molar-refractivity contribution in [3.63, 3.8) is 0 Å². The van der Waals surface area contributed by atoms with E-state index in [1.807, 2.05) is 0 Å². The third-order valence-electron chi connectivity index (χ3n) is 7.21. The zero-order chi connectivity index (χ0) is 30.4. The quantitative estimate of drug-likeness (QED) is 0.377. The van der Waals surface area contributed by atoms with Gasteiger partial charge in [-0.05, 0) is 49.2 Å². The molecule has 1 aromatic heterocycles. The fourth-order valence-corrected chi connectivity index (χ4v) is 7.10. The van der Waals surface area contributed by atoms with E-state index in [2.05, 4.69) is 10.3 Å². The minimum absolute atomic E-state index is 0.0215. The predicted molar refractivity (Wildman–Crippen MR) is 148 cm³/mol. The average molecular weight is 625 g/mol. The van der Waals surface area contributed by atoms with Crippen molar-refractivity contribution in [3.8, 4) is 0 Å². The smallest absolute Gasteiger partial charge is 0.252 e. The zero-order valence-corrected chi connectivity index (χ0v) is 23.7. The van der Waals surface area contributed by atoms with E-state index in [0.717, 1.165) is 21.3 Å². The first-order chi connectivity index (χ1) is 19.8. The monoisotopic (exact) mass is 624 g/mol. The van der Waals surface area contributed by atoms with Crippen molar-refractivity contribution in [3.05, 3.63) is 88.6 Å². The number of amides is 2. The minimum atomic E-state index is -4.05. The van der Waals surface area contributed by atoms with Gasteiger partial charge in [-0.2, -0.15) is 0 Å². The number of rotatable bonds is 7. The fraction of sp³-hybridized carbons (Fsp3) is 0.321. The highest BCUT2D eigenvalue weighted by Gasteiger charge is 2.49. The van der Waals surface area contributed by atoms with Crippen LogP contribution < -0.4 is 14.5 Å². The number of nitrogens with zero attached hydrogens (tertiary/aromatic N) is 3. The molecule has 1 N–H and O–H groups in total. The number of hydrogen-bond acceptors (Lipinski definition) is 5. The van der Waals surface area contributed by atoms with Crippen LogP contribution in [0, 0.1) is 18.6 Å². The molecule has 2 heterocycles. The number of benzene rings is 2. The summed E-state index contributed by atoms with van der Waals surface area (Å²) in [5.74, 6) is -7.86. The van der Waals surface area contributed by atoms with Gasteiger partial charge in [0.15, 0.2) is 11.6 Å². The van der Waals surface area contributed by atoms with Gasteiger partial charge in [0.2, 0.25) is 15.9 Å². The number of anilines is 2. The lowest BCUT2D eigenvalue weighted by Gasteiger charge is -2.39. The molecule has 1 saturated heterocycles.